The van der Waals surface area contributed by atoms with E-state index in [1.54, 1.807) is 18.2 Å². The average Bonchev–Trinajstić information content (AvgIpc) is 2.74. The van der Waals surface area contributed by atoms with Gasteiger partial charge in [0.25, 0.3) is 0 Å². The molecule has 1 fully saturated rings. The van der Waals surface area contributed by atoms with E-state index < -0.39 is 35.4 Å². The Bertz CT molecular complexity index is 860. The van der Waals surface area contributed by atoms with Crippen LogP contribution >= 0.6 is 11.6 Å². The van der Waals surface area contributed by atoms with E-state index in [0.717, 1.165) is 49.1 Å². The van der Waals surface area contributed by atoms with Crippen molar-refractivity contribution in [2.75, 3.05) is 10.8 Å². The molecular formula is C21H22ClF2N3O2. The zero-order chi connectivity index (χ0) is 20.8. The van der Waals surface area contributed by atoms with E-state index in [0.29, 0.717) is 5.69 Å². The minimum Gasteiger partial charge on any atom is -0.351 e. The lowest BCUT2D eigenvalue weighted by atomic mass is 9.95. The number of pyridine rings is 1. The Kier molecular flexibility index (Phi) is 7.14. The first-order valence-electron chi connectivity index (χ1n) is 9.55. The fourth-order valence-electron chi connectivity index (χ4n) is 3.58. The van der Waals surface area contributed by atoms with Crippen molar-refractivity contribution in [2.24, 2.45) is 0 Å². The fourth-order valence-corrected chi connectivity index (χ4v) is 3.71. The van der Waals surface area contributed by atoms with Gasteiger partial charge in [-0.15, -0.1) is 11.6 Å². The van der Waals surface area contributed by atoms with Gasteiger partial charge in [-0.25, -0.2) is 8.78 Å². The number of nitrogens with zero attached hydrogens (tertiary/aromatic N) is 2. The van der Waals surface area contributed by atoms with E-state index in [1.807, 2.05) is 0 Å². The number of hydrogen-bond donors (Lipinski definition) is 1. The third-order valence-electron chi connectivity index (χ3n) is 4.99. The number of rotatable bonds is 6. The van der Waals surface area contributed by atoms with Crippen LogP contribution in [-0.2, 0) is 9.59 Å². The molecule has 1 atom stereocenters. The van der Waals surface area contributed by atoms with Crippen LogP contribution in [0, 0.1) is 11.6 Å². The van der Waals surface area contributed by atoms with Crippen LogP contribution in [0.3, 0.4) is 0 Å². The molecule has 8 heteroatoms. The second-order valence-corrected chi connectivity index (χ2v) is 7.26. The largest absolute Gasteiger partial charge is 0.351 e. The minimum atomic E-state index is -1.16. The summed E-state index contributed by atoms with van der Waals surface area (Å²) < 4.78 is 27.3. The second-order valence-electron chi connectivity index (χ2n) is 7.00. The second kappa shape index (κ2) is 9.78. The molecule has 1 aromatic heterocycles. The third kappa shape index (κ3) is 5.09. The molecule has 1 N–H and O–H groups in total. The SMILES string of the molecule is O=C(NC1CCCCC1)C(c1ccccn1)N(C(=O)CCl)c1ccc(F)c(F)c1. The maximum atomic E-state index is 13.9. The Balaban J connectivity index is 2.01. The van der Waals surface area contributed by atoms with Crippen LogP contribution in [0.1, 0.15) is 43.8 Å². The van der Waals surface area contributed by atoms with Crippen molar-refractivity contribution in [1.82, 2.24) is 10.3 Å². The zero-order valence-electron chi connectivity index (χ0n) is 15.8. The van der Waals surface area contributed by atoms with Gasteiger partial charge >= 0.3 is 0 Å². The summed E-state index contributed by atoms with van der Waals surface area (Å²) >= 11 is 5.78. The summed E-state index contributed by atoms with van der Waals surface area (Å²) in [5, 5.41) is 2.99. The highest BCUT2D eigenvalue weighted by molar-refractivity contribution is 6.29. The highest BCUT2D eigenvalue weighted by atomic mass is 35.5. The normalized spacial score (nSPS) is 15.6. The Morgan fingerprint density at radius 1 is 1.14 bits per heavy atom. The quantitative estimate of drug-likeness (QED) is 0.713. The summed E-state index contributed by atoms with van der Waals surface area (Å²) in [6.07, 6.45) is 6.39. The maximum Gasteiger partial charge on any atom is 0.249 e. The minimum absolute atomic E-state index is 0.000342. The van der Waals surface area contributed by atoms with Crippen LogP contribution in [0.5, 0.6) is 0 Å². The molecule has 1 aliphatic rings. The predicted molar refractivity (Wildman–Crippen MR) is 107 cm³/mol. The smallest absolute Gasteiger partial charge is 0.249 e. The molecule has 1 unspecified atom stereocenters. The lowest BCUT2D eigenvalue weighted by molar-refractivity contribution is -0.126. The van der Waals surface area contributed by atoms with Crippen LogP contribution in [0.2, 0.25) is 0 Å². The Hall–Kier alpha value is -2.54. The maximum absolute atomic E-state index is 13.9. The molecule has 0 spiro atoms. The Morgan fingerprint density at radius 3 is 2.52 bits per heavy atom. The first-order valence-corrected chi connectivity index (χ1v) is 10.1. The molecule has 0 bridgehead atoms. The summed E-state index contributed by atoms with van der Waals surface area (Å²) in [4.78, 5) is 31.2. The van der Waals surface area contributed by atoms with Crippen molar-refractivity contribution in [1.29, 1.82) is 0 Å². The third-order valence-corrected chi connectivity index (χ3v) is 5.22. The van der Waals surface area contributed by atoms with Crippen molar-refractivity contribution in [2.45, 2.75) is 44.2 Å². The number of hydrogen-bond acceptors (Lipinski definition) is 3. The predicted octanol–water partition coefficient (Wildman–Crippen LogP) is 4.12. The number of benzene rings is 1. The number of carbonyl (C=O) groups is 2. The molecule has 0 aliphatic heterocycles. The number of halogens is 3. The summed E-state index contributed by atoms with van der Waals surface area (Å²) in [6.45, 7) is 0. The van der Waals surface area contributed by atoms with Gasteiger partial charge in [-0.3, -0.25) is 19.5 Å². The van der Waals surface area contributed by atoms with Crippen LogP contribution in [0.4, 0.5) is 14.5 Å². The van der Waals surface area contributed by atoms with E-state index in [9.17, 15) is 18.4 Å². The van der Waals surface area contributed by atoms with Gasteiger partial charge < -0.3 is 5.32 Å². The molecule has 3 rings (SSSR count). The Morgan fingerprint density at radius 2 is 1.90 bits per heavy atom. The molecule has 29 heavy (non-hydrogen) atoms. The number of anilines is 1. The topological polar surface area (TPSA) is 62.3 Å². The van der Waals surface area contributed by atoms with Crippen molar-refractivity contribution in [3.8, 4) is 0 Å². The standard InChI is InChI=1S/C21H22ClF2N3O2/c22-13-19(28)27(15-9-10-16(23)17(24)12-15)20(18-8-4-5-11-25-18)21(29)26-14-6-2-1-3-7-14/h4-5,8-12,14,20H,1-3,6-7,13H2,(H,26,29). The van der Waals surface area contributed by atoms with E-state index >= 15 is 0 Å². The van der Waals surface area contributed by atoms with Gasteiger partial charge in [-0.2, -0.15) is 0 Å². The number of alkyl halides is 1. The van der Waals surface area contributed by atoms with Crippen LogP contribution < -0.4 is 10.2 Å². The van der Waals surface area contributed by atoms with Gasteiger partial charge in [0.15, 0.2) is 17.7 Å². The van der Waals surface area contributed by atoms with Gasteiger partial charge in [0.1, 0.15) is 5.88 Å². The molecule has 154 valence electrons. The highest BCUT2D eigenvalue weighted by Gasteiger charge is 2.35. The molecule has 1 aliphatic carbocycles. The van der Waals surface area contributed by atoms with Crippen molar-refractivity contribution in [3.05, 3.63) is 59.9 Å². The first kappa shape index (κ1) is 21.2. The summed E-state index contributed by atoms with van der Waals surface area (Å²) in [5.41, 5.74) is 0.341. The van der Waals surface area contributed by atoms with Gasteiger partial charge in [-0.05, 0) is 37.1 Å². The monoisotopic (exact) mass is 421 g/mol. The molecule has 0 radical (unpaired) electrons. The van der Waals surface area contributed by atoms with E-state index in [2.05, 4.69) is 10.3 Å². The van der Waals surface area contributed by atoms with Crippen LogP contribution in [-0.4, -0.2) is 28.7 Å². The summed E-state index contributed by atoms with van der Waals surface area (Å²) in [6, 6.07) is 6.86. The number of carbonyl (C=O) groups excluding carboxylic acids is 2. The van der Waals surface area contributed by atoms with Crippen LogP contribution in [0.15, 0.2) is 42.6 Å². The molecule has 0 saturated heterocycles. The molecule has 2 amide bonds. The molecule has 1 heterocycles. The number of amides is 2. The van der Waals surface area contributed by atoms with Gasteiger partial charge in [-0.1, -0.05) is 25.3 Å². The van der Waals surface area contributed by atoms with Gasteiger partial charge in [0.2, 0.25) is 11.8 Å². The number of aromatic nitrogens is 1. The fraction of sp³-hybridized carbons (Fsp3) is 0.381. The van der Waals surface area contributed by atoms with Crippen molar-refractivity contribution >= 4 is 29.1 Å². The lowest BCUT2D eigenvalue weighted by Gasteiger charge is -2.32. The van der Waals surface area contributed by atoms with Gasteiger partial charge in [0.05, 0.1) is 5.69 Å². The average molecular weight is 422 g/mol. The number of nitrogens with one attached hydrogen (secondary N) is 1. The van der Waals surface area contributed by atoms with Gasteiger partial charge in [0, 0.05) is 24.0 Å². The summed E-state index contributed by atoms with van der Waals surface area (Å²) in [7, 11) is 0. The zero-order valence-corrected chi connectivity index (χ0v) is 16.5. The Labute approximate surface area is 173 Å². The van der Waals surface area contributed by atoms with E-state index in [4.69, 9.17) is 11.6 Å². The van der Waals surface area contributed by atoms with Crippen LogP contribution in [0.25, 0.3) is 0 Å². The molecular weight excluding hydrogens is 400 g/mol. The first-order chi connectivity index (χ1) is 14.0. The summed E-state index contributed by atoms with van der Waals surface area (Å²) in [5.74, 6) is -3.65. The van der Waals surface area contributed by atoms with Crippen molar-refractivity contribution < 1.29 is 18.4 Å². The van der Waals surface area contributed by atoms with E-state index in [1.165, 1.54) is 12.3 Å². The highest BCUT2D eigenvalue weighted by Crippen LogP contribution is 2.29. The van der Waals surface area contributed by atoms with E-state index in [-0.39, 0.29) is 11.7 Å². The lowest BCUT2D eigenvalue weighted by Crippen LogP contribution is -2.48. The molecule has 1 aromatic carbocycles. The molecule has 1 saturated carbocycles. The molecule has 5 nitrogen and oxygen atoms in total. The van der Waals surface area contributed by atoms with Crippen molar-refractivity contribution in [3.63, 3.8) is 0 Å². The molecule has 2 aromatic rings.